The Bertz CT molecular complexity index is 1140. The number of rotatable bonds is 12. The number of nitrogens with zero attached hydrogens (tertiary/aromatic N) is 3. The minimum atomic E-state index is -0.369. The molecular formula is C28H36FN3O2. The number of amides is 1. The van der Waals surface area contributed by atoms with Crippen LogP contribution in [-0.4, -0.2) is 26.9 Å². The number of aromatic nitrogens is 2. The van der Waals surface area contributed by atoms with Crippen molar-refractivity contribution >= 4 is 16.8 Å². The van der Waals surface area contributed by atoms with E-state index in [0.29, 0.717) is 41.8 Å². The lowest BCUT2D eigenvalue weighted by atomic mass is 10.1. The van der Waals surface area contributed by atoms with Gasteiger partial charge in [-0.05, 0) is 55.7 Å². The second-order valence-corrected chi connectivity index (χ2v) is 8.78. The zero-order chi connectivity index (χ0) is 24.5. The van der Waals surface area contributed by atoms with Crippen molar-refractivity contribution in [3.8, 4) is 5.69 Å². The molecule has 0 fully saturated rings. The Morgan fingerprint density at radius 2 is 1.68 bits per heavy atom. The number of unbranched alkanes of at least 4 members (excludes halogenated alkanes) is 4. The van der Waals surface area contributed by atoms with Crippen LogP contribution in [0.5, 0.6) is 0 Å². The van der Waals surface area contributed by atoms with Gasteiger partial charge in [-0.2, -0.15) is 0 Å². The van der Waals surface area contributed by atoms with Crippen LogP contribution in [0, 0.1) is 5.82 Å². The highest BCUT2D eigenvalue weighted by Crippen LogP contribution is 2.27. The van der Waals surface area contributed by atoms with Crippen molar-refractivity contribution in [1.29, 1.82) is 0 Å². The Balaban J connectivity index is 2.15. The molecular weight excluding hydrogens is 429 g/mol. The molecule has 1 unspecified atom stereocenters. The van der Waals surface area contributed by atoms with E-state index in [4.69, 9.17) is 4.98 Å². The van der Waals surface area contributed by atoms with E-state index < -0.39 is 0 Å². The van der Waals surface area contributed by atoms with E-state index in [0.717, 1.165) is 38.5 Å². The maximum Gasteiger partial charge on any atom is 0.266 e. The van der Waals surface area contributed by atoms with Gasteiger partial charge in [0.05, 0.1) is 22.6 Å². The number of carbonyl (C=O) groups excluding carboxylic acids is 1. The molecule has 1 aromatic heterocycles. The van der Waals surface area contributed by atoms with Gasteiger partial charge < -0.3 is 4.90 Å². The van der Waals surface area contributed by atoms with Crippen molar-refractivity contribution in [2.45, 2.75) is 78.2 Å². The maximum atomic E-state index is 13.7. The molecule has 0 saturated heterocycles. The molecule has 0 radical (unpaired) electrons. The molecule has 1 atom stereocenters. The number of carbonyl (C=O) groups is 1. The van der Waals surface area contributed by atoms with Gasteiger partial charge in [0.15, 0.2) is 0 Å². The summed E-state index contributed by atoms with van der Waals surface area (Å²) < 4.78 is 15.2. The van der Waals surface area contributed by atoms with E-state index in [2.05, 4.69) is 13.8 Å². The molecule has 0 aliphatic carbocycles. The predicted octanol–water partition coefficient (Wildman–Crippen LogP) is 6.58. The molecule has 0 aliphatic rings. The molecule has 182 valence electrons. The van der Waals surface area contributed by atoms with Crippen LogP contribution in [-0.2, 0) is 4.79 Å². The van der Waals surface area contributed by atoms with Gasteiger partial charge >= 0.3 is 0 Å². The van der Waals surface area contributed by atoms with Crippen LogP contribution in [0.15, 0.2) is 53.3 Å². The van der Waals surface area contributed by atoms with Crippen LogP contribution in [0.3, 0.4) is 0 Å². The highest BCUT2D eigenvalue weighted by molar-refractivity contribution is 5.79. The smallest absolute Gasteiger partial charge is 0.266 e. The first-order valence-corrected chi connectivity index (χ1v) is 12.6. The second-order valence-electron chi connectivity index (χ2n) is 8.78. The molecule has 34 heavy (non-hydrogen) atoms. The first-order valence-electron chi connectivity index (χ1n) is 12.6. The molecule has 1 heterocycles. The van der Waals surface area contributed by atoms with E-state index in [1.54, 1.807) is 22.8 Å². The number of benzene rings is 2. The lowest BCUT2D eigenvalue weighted by molar-refractivity contribution is -0.134. The van der Waals surface area contributed by atoms with Crippen molar-refractivity contribution < 1.29 is 9.18 Å². The molecule has 2 aromatic carbocycles. The SMILES string of the molecule is CCCCCCN(C(=O)CCCC)C(CC)c1nc2ccccc2c(=O)n1-c1ccc(F)cc1. The van der Waals surface area contributed by atoms with Crippen molar-refractivity contribution in [2.75, 3.05) is 6.54 Å². The van der Waals surface area contributed by atoms with E-state index >= 15 is 0 Å². The van der Waals surface area contributed by atoms with Crippen LogP contribution in [0.4, 0.5) is 4.39 Å². The average molecular weight is 466 g/mol. The third-order valence-electron chi connectivity index (χ3n) is 6.26. The summed E-state index contributed by atoms with van der Waals surface area (Å²) >= 11 is 0. The summed E-state index contributed by atoms with van der Waals surface area (Å²) in [6, 6.07) is 12.8. The van der Waals surface area contributed by atoms with Gasteiger partial charge in [0.1, 0.15) is 11.6 Å². The molecule has 3 aromatic rings. The Kier molecular flexibility index (Phi) is 9.37. The summed E-state index contributed by atoms with van der Waals surface area (Å²) in [5.41, 5.74) is 0.939. The van der Waals surface area contributed by atoms with Crippen molar-refractivity contribution in [3.05, 3.63) is 70.5 Å². The molecule has 1 amide bonds. The Morgan fingerprint density at radius 3 is 2.35 bits per heavy atom. The standard InChI is InChI=1S/C28H36FN3O2/c1-4-7-9-12-20-31(26(33)15-8-5-2)25(6-3)27-30-24-14-11-10-13-23(24)28(34)32(27)22-18-16-21(29)17-19-22/h10-11,13-14,16-19,25H,4-9,12,15,20H2,1-3H3. The minimum absolute atomic E-state index is 0.0956. The van der Waals surface area contributed by atoms with Crippen LogP contribution >= 0.6 is 0 Å². The zero-order valence-electron chi connectivity index (χ0n) is 20.6. The fourth-order valence-electron chi connectivity index (χ4n) is 4.39. The summed E-state index contributed by atoms with van der Waals surface area (Å²) in [6.07, 6.45) is 7.10. The number of para-hydroxylation sites is 1. The molecule has 0 bridgehead atoms. The Labute approximate surface area is 201 Å². The third-order valence-corrected chi connectivity index (χ3v) is 6.26. The van der Waals surface area contributed by atoms with Gasteiger partial charge in [0.2, 0.25) is 5.91 Å². The molecule has 6 heteroatoms. The van der Waals surface area contributed by atoms with Crippen LogP contribution < -0.4 is 5.56 Å². The van der Waals surface area contributed by atoms with Crippen molar-refractivity contribution in [2.24, 2.45) is 0 Å². The predicted molar refractivity (Wildman–Crippen MR) is 136 cm³/mol. The number of hydrogen-bond donors (Lipinski definition) is 0. The molecule has 5 nitrogen and oxygen atoms in total. The number of halogens is 1. The summed E-state index contributed by atoms with van der Waals surface area (Å²) in [6.45, 7) is 6.90. The van der Waals surface area contributed by atoms with Gasteiger partial charge in [0.25, 0.3) is 5.56 Å². The molecule has 3 rings (SSSR count). The van der Waals surface area contributed by atoms with Gasteiger partial charge in [-0.3, -0.25) is 14.2 Å². The maximum absolute atomic E-state index is 13.7. The fourth-order valence-corrected chi connectivity index (χ4v) is 4.39. The first kappa shape index (κ1) is 25.6. The van der Waals surface area contributed by atoms with Gasteiger partial charge in [-0.1, -0.05) is 58.6 Å². The molecule has 0 aliphatic heterocycles. The van der Waals surface area contributed by atoms with Crippen LogP contribution in [0.25, 0.3) is 16.6 Å². The highest BCUT2D eigenvalue weighted by atomic mass is 19.1. The van der Waals surface area contributed by atoms with E-state index in [1.165, 1.54) is 12.1 Å². The number of hydrogen-bond acceptors (Lipinski definition) is 3. The van der Waals surface area contributed by atoms with Gasteiger partial charge in [-0.25, -0.2) is 9.37 Å². The molecule has 0 N–H and O–H groups in total. The minimum Gasteiger partial charge on any atom is -0.333 e. The van der Waals surface area contributed by atoms with E-state index in [9.17, 15) is 14.0 Å². The topological polar surface area (TPSA) is 55.2 Å². The summed E-state index contributed by atoms with van der Waals surface area (Å²) in [5, 5.41) is 0.497. The Hall–Kier alpha value is -3.02. The van der Waals surface area contributed by atoms with Gasteiger partial charge in [-0.15, -0.1) is 0 Å². The monoisotopic (exact) mass is 465 g/mol. The Morgan fingerprint density at radius 1 is 0.971 bits per heavy atom. The van der Waals surface area contributed by atoms with E-state index in [-0.39, 0.29) is 23.3 Å². The third kappa shape index (κ3) is 5.91. The molecule has 0 saturated carbocycles. The summed E-state index contributed by atoms with van der Waals surface area (Å²) in [7, 11) is 0. The average Bonchev–Trinajstić information content (AvgIpc) is 2.85. The summed E-state index contributed by atoms with van der Waals surface area (Å²) in [4.78, 5) is 33.8. The number of fused-ring (bicyclic) bond motifs is 1. The normalized spacial score (nSPS) is 12.1. The van der Waals surface area contributed by atoms with Crippen molar-refractivity contribution in [3.63, 3.8) is 0 Å². The van der Waals surface area contributed by atoms with Crippen LogP contribution in [0.2, 0.25) is 0 Å². The van der Waals surface area contributed by atoms with E-state index in [1.807, 2.05) is 30.0 Å². The first-order chi connectivity index (χ1) is 16.5. The molecule has 0 spiro atoms. The van der Waals surface area contributed by atoms with Crippen molar-refractivity contribution in [1.82, 2.24) is 14.5 Å². The zero-order valence-corrected chi connectivity index (χ0v) is 20.6. The summed E-state index contributed by atoms with van der Waals surface area (Å²) in [5.74, 6) is 0.253. The van der Waals surface area contributed by atoms with Gasteiger partial charge in [0, 0.05) is 13.0 Å². The fraction of sp³-hybridized carbons (Fsp3) is 0.464. The van der Waals surface area contributed by atoms with Crippen LogP contribution in [0.1, 0.15) is 84.0 Å². The second kappa shape index (κ2) is 12.4. The largest absolute Gasteiger partial charge is 0.333 e. The lowest BCUT2D eigenvalue weighted by Crippen LogP contribution is -2.39. The quantitative estimate of drug-likeness (QED) is 0.284. The highest BCUT2D eigenvalue weighted by Gasteiger charge is 2.28. The lowest BCUT2D eigenvalue weighted by Gasteiger charge is -2.32.